The van der Waals surface area contributed by atoms with Crippen LogP contribution in [-0.4, -0.2) is 16.3 Å². The Morgan fingerprint density at radius 2 is 1.75 bits per heavy atom. The van der Waals surface area contributed by atoms with Gasteiger partial charge in [0.2, 0.25) is 0 Å². The van der Waals surface area contributed by atoms with Crippen molar-refractivity contribution in [2.75, 3.05) is 7.05 Å². The number of hydrogen-bond acceptors (Lipinski definition) is 2. The molecule has 0 saturated carbocycles. The first-order valence-corrected chi connectivity index (χ1v) is 3.72. The van der Waals surface area contributed by atoms with Crippen LogP contribution >= 0.6 is 0 Å². The maximum atomic E-state index is 10.8. The summed E-state index contributed by atoms with van der Waals surface area (Å²) in [5.41, 5.74) is 0. The molecule has 0 fully saturated rings. The molecule has 2 nitrogen and oxygen atoms in total. The average molecular weight is 135 g/mol. The maximum absolute atomic E-state index is 10.8. The molecule has 0 amide bonds. The van der Waals surface area contributed by atoms with Crippen LogP contribution in [0, 0.1) is 0 Å². The topological polar surface area (TPSA) is 35.1 Å². The zero-order valence-corrected chi connectivity index (χ0v) is 6.63. The molecule has 3 heteroatoms. The van der Waals surface area contributed by atoms with Crippen molar-refractivity contribution in [1.82, 2.24) is 4.72 Å². The van der Waals surface area contributed by atoms with E-state index in [-0.39, 0.29) is 4.75 Å². The van der Waals surface area contributed by atoms with Crippen molar-refractivity contribution >= 4 is 11.4 Å². The summed E-state index contributed by atoms with van der Waals surface area (Å²) in [6, 6.07) is 0. The van der Waals surface area contributed by atoms with Gasteiger partial charge in [-0.3, -0.25) is 0 Å². The molecule has 0 spiro atoms. The summed E-state index contributed by atoms with van der Waals surface area (Å²) in [5, 5.41) is 0. The van der Waals surface area contributed by atoms with Gasteiger partial charge in [0.05, 0.1) is 0 Å². The van der Waals surface area contributed by atoms with Crippen LogP contribution in [-0.2, 0) is 11.4 Å². The van der Waals surface area contributed by atoms with E-state index in [1.54, 1.807) is 7.05 Å². The van der Waals surface area contributed by atoms with Crippen molar-refractivity contribution < 1.29 is 4.55 Å². The van der Waals surface area contributed by atoms with Gasteiger partial charge >= 0.3 is 0 Å². The molecule has 1 atom stereocenters. The predicted octanol–water partition coefficient (Wildman–Crippen LogP) is 0.668. The Morgan fingerprint density at radius 3 is 1.75 bits per heavy atom. The molecular weight excluding hydrogens is 122 g/mol. The first kappa shape index (κ1) is 8.27. The van der Waals surface area contributed by atoms with Crippen molar-refractivity contribution in [3.05, 3.63) is 0 Å². The van der Waals surface area contributed by atoms with E-state index in [1.165, 1.54) is 0 Å². The smallest absolute Gasteiger partial charge is 0.136 e. The van der Waals surface area contributed by atoms with E-state index >= 15 is 0 Å². The third-order valence-electron chi connectivity index (χ3n) is 0.742. The Labute approximate surface area is 54.0 Å². The number of rotatable bonds is 1. The molecule has 0 aliphatic rings. The fourth-order valence-corrected chi connectivity index (χ4v) is 0.919. The standard InChI is InChI=1S/C5H13NOS/c1-5(2,3)8(7)6-4/h6H,1-4H3/t8-/m0/s1. The molecule has 8 heavy (non-hydrogen) atoms. The predicted molar refractivity (Wildman–Crippen MR) is 37.0 cm³/mol. The van der Waals surface area contributed by atoms with E-state index in [0.717, 1.165) is 0 Å². The fourth-order valence-electron chi connectivity index (χ4n) is 0.306. The van der Waals surface area contributed by atoms with Crippen molar-refractivity contribution in [3.63, 3.8) is 0 Å². The highest BCUT2D eigenvalue weighted by atomic mass is 32.2. The van der Waals surface area contributed by atoms with Crippen LogP contribution < -0.4 is 4.72 Å². The summed E-state index contributed by atoms with van der Waals surface area (Å²) >= 11 is -0.894. The zero-order chi connectivity index (χ0) is 6.78. The summed E-state index contributed by atoms with van der Waals surface area (Å²) in [4.78, 5) is 0. The zero-order valence-electron chi connectivity index (χ0n) is 5.82. The Balaban J connectivity index is 3.62. The monoisotopic (exact) mass is 135 g/mol. The van der Waals surface area contributed by atoms with Gasteiger partial charge in [0, 0.05) is 18.4 Å². The van der Waals surface area contributed by atoms with E-state index in [9.17, 15) is 4.55 Å². The minimum Gasteiger partial charge on any atom is -0.598 e. The van der Waals surface area contributed by atoms with Crippen LogP contribution in [0.4, 0.5) is 0 Å². The van der Waals surface area contributed by atoms with Gasteiger partial charge in [0.1, 0.15) is 4.75 Å². The van der Waals surface area contributed by atoms with Crippen molar-refractivity contribution in [2.24, 2.45) is 0 Å². The quantitative estimate of drug-likeness (QED) is 0.536. The van der Waals surface area contributed by atoms with Gasteiger partial charge in [-0.05, 0) is 20.8 Å². The lowest BCUT2D eigenvalue weighted by Crippen LogP contribution is -2.37. The molecule has 0 radical (unpaired) electrons. The van der Waals surface area contributed by atoms with Gasteiger partial charge < -0.3 is 4.55 Å². The summed E-state index contributed by atoms with van der Waals surface area (Å²) < 4.78 is 13.4. The average Bonchev–Trinajstić information content (AvgIpc) is 1.62. The van der Waals surface area contributed by atoms with Gasteiger partial charge in [-0.2, -0.15) is 0 Å². The summed E-state index contributed by atoms with van der Waals surface area (Å²) in [5.74, 6) is 0. The highest BCUT2D eigenvalue weighted by molar-refractivity contribution is 7.90. The first-order valence-electron chi connectivity index (χ1n) is 2.57. The van der Waals surface area contributed by atoms with Crippen LogP contribution in [0.3, 0.4) is 0 Å². The molecule has 0 saturated heterocycles. The molecule has 0 heterocycles. The van der Waals surface area contributed by atoms with E-state index in [0.29, 0.717) is 0 Å². The van der Waals surface area contributed by atoms with Crippen LogP contribution in [0.1, 0.15) is 20.8 Å². The molecule has 50 valence electrons. The number of nitrogens with one attached hydrogen (secondary N) is 1. The minimum atomic E-state index is -0.894. The second-order valence-corrected chi connectivity index (χ2v) is 4.76. The van der Waals surface area contributed by atoms with Crippen LogP contribution in [0.25, 0.3) is 0 Å². The molecule has 0 unspecified atom stereocenters. The lowest BCUT2D eigenvalue weighted by molar-refractivity contribution is 0.551. The lowest BCUT2D eigenvalue weighted by atomic mass is 10.3. The Hall–Kier alpha value is 0.270. The van der Waals surface area contributed by atoms with Gasteiger partial charge in [-0.15, -0.1) is 4.72 Å². The van der Waals surface area contributed by atoms with E-state index in [2.05, 4.69) is 4.72 Å². The Bertz CT molecular complexity index is 69.3. The normalized spacial score (nSPS) is 16.1. The van der Waals surface area contributed by atoms with Crippen molar-refractivity contribution in [2.45, 2.75) is 25.5 Å². The number of hydrogen-bond donors (Lipinski definition) is 1. The van der Waals surface area contributed by atoms with Gasteiger partial charge in [0.25, 0.3) is 0 Å². The second kappa shape index (κ2) is 2.71. The van der Waals surface area contributed by atoms with E-state index in [4.69, 9.17) is 0 Å². The molecular formula is C5H13NOS. The molecule has 1 N–H and O–H groups in total. The molecule has 0 aromatic carbocycles. The van der Waals surface area contributed by atoms with Gasteiger partial charge in [0.15, 0.2) is 0 Å². The molecule has 0 bridgehead atoms. The minimum absolute atomic E-state index is 0.130. The highest BCUT2D eigenvalue weighted by Gasteiger charge is 2.24. The Morgan fingerprint density at radius 1 is 1.38 bits per heavy atom. The molecule has 0 rings (SSSR count). The molecule has 0 aliphatic heterocycles. The maximum Gasteiger partial charge on any atom is 0.136 e. The SMILES string of the molecule is CN[S@@+]([O-])C(C)(C)C. The summed E-state index contributed by atoms with van der Waals surface area (Å²) in [6.45, 7) is 5.79. The summed E-state index contributed by atoms with van der Waals surface area (Å²) in [6.07, 6.45) is 0. The lowest BCUT2D eigenvalue weighted by Gasteiger charge is -2.21. The van der Waals surface area contributed by atoms with Crippen LogP contribution in [0.2, 0.25) is 0 Å². The second-order valence-electron chi connectivity index (χ2n) is 2.59. The fraction of sp³-hybridized carbons (Fsp3) is 1.00. The third-order valence-corrected chi connectivity index (χ3v) is 2.22. The molecule has 0 aliphatic carbocycles. The van der Waals surface area contributed by atoms with Crippen molar-refractivity contribution in [3.8, 4) is 0 Å². The first-order chi connectivity index (χ1) is 3.48. The van der Waals surface area contributed by atoms with E-state index in [1.807, 2.05) is 20.8 Å². The largest absolute Gasteiger partial charge is 0.598 e. The van der Waals surface area contributed by atoms with E-state index < -0.39 is 11.4 Å². The van der Waals surface area contributed by atoms with Gasteiger partial charge in [-0.1, -0.05) is 0 Å². The van der Waals surface area contributed by atoms with Crippen molar-refractivity contribution in [1.29, 1.82) is 0 Å². The van der Waals surface area contributed by atoms with Crippen LogP contribution in [0.15, 0.2) is 0 Å². The molecule has 0 aromatic heterocycles. The summed E-state index contributed by atoms with van der Waals surface area (Å²) in [7, 11) is 1.70. The third kappa shape index (κ3) is 2.55. The Kier molecular flexibility index (Phi) is 2.80. The molecule has 0 aromatic rings. The highest BCUT2D eigenvalue weighted by Crippen LogP contribution is 2.11. The van der Waals surface area contributed by atoms with Crippen LogP contribution in [0.5, 0.6) is 0 Å². The van der Waals surface area contributed by atoms with Gasteiger partial charge in [-0.25, -0.2) is 0 Å².